The number of esters is 1. The van der Waals surface area contributed by atoms with Crippen LogP contribution in [0.4, 0.5) is 5.69 Å². The zero-order valence-electron chi connectivity index (χ0n) is 7.57. The van der Waals surface area contributed by atoms with E-state index in [1.54, 1.807) is 0 Å². The van der Waals surface area contributed by atoms with Gasteiger partial charge in [-0.1, -0.05) is 28.3 Å². The highest BCUT2D eigenvalue weighted by Gasteiger charge is 2.15. The maximum atomic E-state index is 11.2. The maximum absolute atomic E-state index is 11.2. The standard InChI is InChI=1S/C8H5Cl2N3O2/c1-15-8(14)4-2-3-5(9)7(6(4)10)12-13-11/h2-3H,1H3. The van der Waals surface area contributed by atoms with Crippen LogP contribution in [0.2, 0.25) is 10.0 Å². The Morgan fingerprint density at radius 2 is 2.20 bits per heavy atom. The van der Waals surface area contributed by atoms with Crippen molar-refractivity contribution >= 4 is 34.9 Å². The molecule has 78 valence electrons. The second-order valence-electron chi connectivity index (χ2n) is 2.44. The second-order valence-corrected chi connectivity index (χ2v) is 3.22. The third-order valence-electron chi connectivity index (χ3n) is 1.62. The molecular weight excluding hydrogens is 241 g/mol. The number of azide groups is 1. The van der Waals surface area contributed by atoms with E-state index < -0.39 is 5.97 Å². The van der Waals surface area contributed by atoms with Crippen LogP contribution >= 0.6 is 23.2 Å². The van der Waals surface area contributed by atoms with Gasteiger partial charge in [-0.3, -0.25) is 0 Å². The van der Waals surface area contributed by atoms with E-state index in [0.717, 1.165) is 0 Å². The summed E-state index contributed by atoms with van der Waals surface area (Å²) < 4.78 is 4.49. The Morgan fingerprint density at radius 1 is 1.53 bits per heavy atom. The van der Waals surface area contributed by atoms with Crippen molar-refractivity contribution < 1.29 is 9.53 Å². The van der Waals surface area contributed by atoms with Crippen molar-refractivity contribution in [3.05, 3.63) is 38.2 Å². The molecule has 0 fully saturated rings. The Balaban J connectivity index is 3.40. The van der Waals surface area contributed by atoms with Crippen LogP contribution in [0.25, 0.3) is 10.4 Å². The van der Waals surface area contributed by atoms with Crippen molar-refractivity contribution in [3.63, 3.8) is 0 Å². The number of hydrogen-bond acceptors (Lipinski definition) is 3. The van der Waals surface area contributed by atoms with Gasteiger partial charge >= 0.3 is 5.97 Å². The minimum absolute atomic E-state index is 0.0173. The fraction of sp³-hybridized carbons (Fsp3) is 0.125. The number of hydrogen-bond donors (Lipinski definition) is 0. The van der Waals surface area contributed by atoms with Crippen LogP contribution in [-0.2, 0) is 4.74 Å². The maximum Gasteiger partial charge on any atom is 0.339 e. The lowest BCUT2D eigenvalue weighted by molar-refractivity contribution is 0.0601. The summed E-state index contributed by atoms with van der Waals surface area (Å²) in [5.74, 6) is -0.619. The predicted octanol–water partition coefficient (Wildman–Crippen LogP) is 3.72. The number of halogens is 2. The molecule has 1 aromatic carbocycles. The Morgan fingerprint density at radius 3 is 2.73 bits per heavy atom. The second kappa shape index (κ2) is 4.89. The van der Waals surface area contributed by atoms with E-state index in [0.29, 0.717) is 0 Å². The lowest BCUT2D eigenvalue weighted by Gasteiger charge is -2.05. The summed E-state index contributed by atoms with van der Waals surface area (Å²) in [5.41, 5.74) is 8.40. The monoisotopic (exact) mass is 245 g/mol. The van der Waals surface area contributed by atoms with Crippen molar-refractivity contribution in [2.24, 2.45) is 5.11 Å². The highest BCUT2D eigenvalue weighted by molar-refractivity contribution is 6.40. The molecule has 0 aliphatic carbocycles. The van der Waals surface area contributed by atoms with Gasteiger partial charge in [0, 0.05) is 4.91 Å². The molecular formula is C8H5Cl2N3O2. The van der Waals surface area contributed by atoms with E-state index >= 15 is 0 Å². The van der Waals surface area contributed by atoms with E-state index in [-0.39, 0.29) is 21.3 Å². The van der Waals surface area contributed by atoms with Gasteiger partial charge < -0.3 is 4.74 Å². The van der Waals surface area contributed by atoms with Gasteiger partial charge in [-0.05, 0) is 17.7 Å². The number of nitrogens with zero attached hydrogens (tertiary/aromatic N) is 3. The van der Waals surface area contributed by atoms with Gasteiger partial charge in [0.15, 0.2) is 0 Å². The summed E-state index contributed by atoms with van der Waals surface area (Å²) in [7, 11) is 1.22. The highest BCUT2D eigenvalue weighted by Crippen LogP contribution is 2.36. The first kappa shape index (κ1) is 11.7. The Labute approximate surface area is 95.2 Å². The first-order valence-electron chi connectivity index (χ1n) is 3.73. The summed E-state index contributed by atoms with van der Waals surface area (Å²) in [6, 6.07) is 2.80. The Kier molecular flexibility index (Phi) is 3.80. The molecule has 0 heterocycles. The van der Waals surface area contributed by atoms with Gasteiger partial charge in [-0.25, -0.2) is 4.79 Å². The summed E-state index contributed by atoms with van der Waals surface area (Å²) in [6.45, 7) is 0. The quantitative estimate of drug-likeness (QED) is 0.345. The molecule has 15 heavy (non-hydrogen) atoms. The van der Waals surface area contributed by atoms with Crippen LogP contribution < -0.4 is 0 Å². The molecule has 0 radical (unpaired) electrons. The van der Waals surface area contributed by atoms with Crippen LogP contribution in [0.1, 0.15) is 10.4 Å². The highest BCUT2D eigenvalue weighted by atomic mass is 35.5. The molecule has 1 rings (SSSR count). The lowest BCUT2D eigenvalue weighted by Crippen LogP contribution is -2.01. The zero-order valence-corrected chi connectivity index (χ0v) is 9.08. The van der Waals surface area contributed by atoms with Gasteiger partial charge in [0.2, 0.25) is 0 Å². The summed E-state index contributed by atoms with van der Waals surface area (Å²) in [5, 5.41) is 3.44. The molecule has 0 N–H and O–H groups in total. The average Bonchev–Trinajstić information content (AvgIpc) is 2.23. The molecule has 0 saturated heterocycles. The predicted molar refractivity (Wildman–Crippen MR) is 56.6 cm³/mol. The van der Waals surface area contributed by atoms with Gasteiger partial charge in [-0.15, -0.1) is 0 Å². The number of ether oxygens (including phenoxy) is 1. The number of rotatable bonds is 2. The van der Waals surface area contributed by atoms with E-state index in [1.807, 2.05) is 0 Å². The molecule has 0 amide bonds. The molecule has 0 atom stereocenters. The SMILES string of the molecule is COC(=O)c1ccc(Cl)c(N=[N+]=[N-])c1Cl. The Bertz CT molecular complexity index is 455. The molecule has 0 spiro atoms. The third-order valence-corrected chi connectivity index (χ3v) is 2.30. The summed E-state index contributed by atoms with van der Waals surface area (Å²) >= 11 is 11.5. The molecule has 1 aromatic rings. The van der Waals surface area contributed by atoms with Crippen LogP contribution in [-0.4, -0.2) is 13.1 Å². The van der Waals surface area contributed by atoms with E-state index in [9.17, 15) is 4.79 Å². The van der Waals surface area contributed by atoms with Crippen molar-refractivity contribution in [3.8, 4) is 0 Å². The van der Waals surface area contributed by atoms with E-state index in [2.05, 4.69) is 14.8 Å². The van der Waals surface area contributed by atoms with Crippen molar-refractivity contribution in [1.82, 2.24) is 0 Å². The third kappa shape index (κ3) is 2.33. The van der Waals surface area contributed by atoms with Gasteiger partial charge in [0.25, 0.3) is 0 Å². The number of benzene rings is 1. The van der Waals surface area contributed by atoms with Crippen LogP contribution in [0.15, 0.2) is 17.2 Å². The minimum atomic E-state index is -0.619. The van der Waals surface area contributed by atoms with Crippen molar-refractivity contribution in [2.45, 2.75) is 0 Å². The van der Waals surface area contributed by atoms with Gasteiger partial charge in [-0.2, -0.15) is 0 Å². The minimum Gasteiger partial charge on any atom is -0.465 e. The number of methoxy groups -OCH3 is 1. The first-order chi connectivity index (χ1) is 7.11. The van der Waals surface area contributed by atoms with Crippen molar-refractivity contribution in [2.75, 3.05) is 7.11 Å². The molecule has 0 bridgehead atoms. The molecule has 0 aliphatic heterocycles. The Hall–Kier alpha value is -1.42. The largest absolute Gasteiger partial charge is 0.465 e. The summed E-state index contributed by atoms with van der Waals surface area (Å²) in [6.07, 6.45) is 0. The molecule has 0 saturated carbocycles. The lowest BCUT2D eigenvalue weighted by atomic mass is 10.2. The average molecular weight is 246 g/mol. The van der Waals surface area contributed by atoms with Gasteiger partial charge in [0.1, 0.15) is 0 Å². The van der Waals surface area contributed by atoms with Crippen molar-refractivity contribution in [1.29, 1.82) is 0 Å². The van der Waals surface area contributed by atoms with E-state index in [1.165, 1.54) is 19.2 Å². The number of carbonyl (C=O) groups is 1. The fourth-order valence-electron chi connectivity index (χ4n) is 0.945. The zero-order chi connectivity index (χ0) is 11.4. The molecule has 5 nitrogen and oxygen atoms in total. The summed E-state index contributed by atoms with van der Waals surface area (Å²) in [4.78, 5) is 13.8. The van der Waals surface area contributed by atoms with Crippen LogP contribution in [0.5, 0.6) is 0 Å². The van der Waals surface area contributed by atoms with Crippen LogP contribution in [0.3, 0.4) is 0 Å². The topological polar surface area (TPSA) is 75.1 Å². The number of carbonyl (C=O) groups excluding carboxylic acids is 1. The smallest absolute Gasteiger partial charge is 0.339 e. The van der Waals surface area contributed by atoms with Gasteiger partial charge in [0.05, 0.1) is 28.4 Å². The molecule has 0 aliphatic rings. The molecule has 0 aromatic heterocycles. The fourth-order valence-corrected chi connectivity index (χ4v) is 1.47. The van der Waals surface area contributed by atoms with Crippen LogP contribution in [0, 0.1) is 0 Å². The first-order valence-corrected chi connectivity index (χ1v) is 4.48. The van der Waals surface area contributed by atoms with E-state index in [4.69, 9.17) is 28.7 Å². The molecule has 7 heteroatoms. The normalized spacial score (nSPS) is 9.27. The molecule has 0 unspecified atom stereocenters.